The number of nitrogens with zero attached hydrogens (tertiary/aromatic N) is 1. The fourth-order valence-corrected chi connectivity index (χ4v) is 3.05. The number of carbonyl (C=O) groups is 1. The van der Waals surface area contributed by atoms with Gasteiger partial charge in [0.2, 0.25) is 5.91 Å². The summed E-state index contributed by atoms with van der Waals surface area (Å²) in [4.78, 5) is 20.1. The van der Waals surface area contributed by atoms with E-state index in [1.807, 2.05) is 24.3 Å². The summed E-state index contributed by atoms with van der Waals surface area (Å²) in [6.07, 6.45) is 3.06. The number of aryl methyl sites for hydroxylation is 2. The van der Waals surface area contributed by atoms with Gasteiger partial charge in [-0.1, -0.05) is 12.1 Å². The maximum absolute atomic E-state index is 12.9. The first kappa shape index (κ1) is 18.6. The number of nitrogens with one attached hydrogen (secondary N) is 2. The van der Waals surface area contributed by atoms with E-state index < -0.39 is 0 Å². The molecule has 4 rings (SSSR count). The second kappa shape index (κ2) is 7.72. The molecule has 0 saturated carbocycles. The van der Waals surface area contributed by atoms with Crippen LogP contribution in [-0.2, 0) is 4.79 Å². The van der Waals surface area contributed by atoms with Gasteiger partial charge in [0.15, 0.2) is 0 Å². The average Bonchev–Trinajstić information content (AvgIpc) is 3.11. The van der Waals surface area contributed by atoms with E-state index in [1.165, 1.54) is 29.3 Å². The van der Waals surface area contributed by atoms with Gasteiger partial charge in [-0.05, 0) is 85.1 Å². The third-order valence-electron chi connectivity index (χ3n) is 4.82. The molecule has 0 unspecified atom stereocenters. The Hall–Kier alpha value is -3.73. The van der Waals surface area contributed by atoms with E-state index in [1.54, 1.807) is 18.2 Å². The average molecular weight is 385 g/mol. The number of rotatable bonds is 4. The fourth-order valence-electron chi connectivity index (χ4n) is 3.05. The molecule has 144 valence electrons. The molecule has 1 aromatic heterocycles. The van der Waals surface area contributed by atoms with Crippen molar-refractivity contribution in [2.45, 2.75) is 13.8 Å². The second-order valence-electron chi connectivity index (χ2n) is 6.99. The molecule has 2 N–H and O–H groups in total. The SMILES string of the molecule is Cc1cc2nc(-c3ccc(NC(=O)/C=C/c4ccc(F)cc4)cc3)[nH]c2cc1C. The van der Waals surface area contributed by atoms with Gasteiger partial charge >= 0.3 is 0 Å². The molecule has 0 aliphatic heterocycles. The first-order valence-electron chi connectivity index (χ1n) is 9.30. The van der Waals surface area contributed by atoms with E-state index in [-0.39, 0.29) is 11.7 Å². The van der Waals surface area contributed by atoms with Crippen LogP contribution in [0.4, 0.5) is 10.1 Å². The minimum Gasteiger partial charge on any atom is -0.338 e. The fraction of sp³-hybridized carbons (Fsp3) is 0.0833. The Balaban J connectivity index is 1.46. The molecular weight excluding hydrogens is 365 g/mol. The van der Waals surface area contributed by atoms with Crippen LogP contribution in [0.25, 0.3) is 28.5 Å². The topological polar surface area (TPSA) is 57.8 Å². The normalized spacial score (nSPS) is 11.3. The van der Waals surface area contributed by atoms with Crippen molar-refractivity contribution in [3.63, 3.8) is 0 Å². The van der Waals surface area contributed by atoms with Gasteiger partial charge in [0.25, 0.3) is 0 Å². The van der Waals surface area contributed by atoms with Crippen molar-refractivity contribution < 1.29 is 9.18 Å². The summed E-state index contributed by atoms with van der Waals surface area (Å²) >= 11 is 0. The molecule has 0 saturated heterocycles. The zero-order chi connectivity index (χ0) is 20.4. The summed E-state index contributed by atoms with van der Waals surface area (Å²) < 4.78 is 12.9. The van der Waals surface area contributed by atoms with Gasteiger partial charge in [0, 0.05) is 17.3 Å². The number of halogens is 1. The van der Waals surface area contributed by atoms with Crippen LogP contribution in [-0.4, -0.2) is 15.9 Å². The van der Waals surface area contributed by atoms with Gasteiger partial charge in [0.1, 0.15) is 11.6 Å². The Bertz CT molecular complexity index is 1170. The molecule has 4 nitrogen and oxygen atoms in total. The van der Waals surface area contributed by atoms with E-state index in [0.29, 0.717) is 5.69 Å². The Labute approximate surface area is 168 Å². The standard InChI is InChI=1S/C24H20FN3O/c1-15-13-21-22(14-16(15)2)28-24(27-21)18-6-10-20(11-7-18)26-23(29)12-5-17-3-8-19(25)9-4-17/h3-14H,1-2H3,(H,26,29)(H,27,28)/b12-5+. The molecule has 0 radical (unpaired) electrons. The van der Waals surface area contributed by atoms with Crippen LogP contribution in [0.2, 0.25) is 0 Å². The van der Waals surface area contributed by atoms with Crippen LogP contribution < -0.4 is 5.32 Å². The van der Waals surface area contributed by atoms with E-state index in [4.69, 9.17) is 0 Å². The van der Waals surface area contributed by atoms with Crippen molar-refractivity contribution in [1.29, 1.82) is 0 Å². The molecule has 1 heterocycles. The first-order chi connectivity index (χ1) is 14.0. The Morgan fingerprint density at radius 1 is 1.00 bits per heavy atom. The number of H-pyrrole nitrogens is 1. The van der Waals surface area contributed by atoms with Gasteiger partial charge in [-0.25, -0.2) is 9.37 Å². The highest BCUT2D eigenvalue weighted by Crippen LogP contribution is 2.24. The molecular formula is C24H20FN3O. The lowest BCUT2D eigenvalue weighted by Crippen LogP contribution is -2.07. The number of benzene rings is 3. The Kier molecular flexibility index (Phi) is 4.96. The number of anilines is 1. The van der Waals surface area contributed by atoms with Crippen LogP contribution in [0.3, 0.4) is 0 Å². The number of fused-ring (bicyclic) bond motifs is 1. The van der Waals surface area contributed by atoms with Crippen LogP contribution in [0.5, 0.6) is 0 Å². The van der Waals surface area contributed by atoms with Crippen molar-refractivity contribution in [3.8, 4) is 11.4 Å². The third-order valence-corrected chi connectivity index (χ3v) is 4.82. The predicted molar refractivity (Wildman–Crippen MR) is 115 cm³/mol. The molecule has 29 heavy (non-hydrogen) atoms. The maximum atomic E-state index is 12.9. The molecule has 0 bridgehead atoms. The second-order valence-corrected chi connectivity index (χ2v) is 6.99. The monoisotopic (exact) mass is 385 g/mol. The number of aromatic amines is 1. The summed E-state index contributed by atoms with van der Waals surface area (Å²) in [6.45, 7) is 4.16. The quantitative estimate of drug-likeness (QED) is 0.447. The molecule has 0 aliphatic carbocycles. The van der Waals surface area contributed by atoms with E-state index in [2.05, 4.69) is 41.3 Å². The summed E-state index contributed by atoms with van der Waals surface area (Å²) in [6, 6.07) is 17.6. The number of carbonyl (C=O) groups excluding carboxylic acids is 1. The predicted octanol–water partition coefficient (Wildman–Crippen LogP) is 5.64. The smallest absolute Gasteiger partial charge is 0.248 e. The van der Waals surface area contributed by atoms with E-state index in [0.717, 1.165) is 28.0 Å². The highest BCUT2D eigenvalue weighted by molar-refractivity contribution is 6.02. The van der Waals surface area contributed by atoms with Crippen LogP contribution in [0.1, 0.15) is 16.7 Å². The van der Waals surface area contributed by atoms with Crippen molar-refractivity contribution in [1.82, 2.24) is 9.97 Å². The lowest BCUT2D eigenvalue weighted by atomic mass is 10.1. The first-order valence-corrected chi connectivity index (χ1v) is 9.30. The molecule has 0 spiro atoms. The number of imidazole rings is 1. The van der Waals surface area contributed by atoms with Crippen molar-refractivity contribution in [2.24, 2.45) is 0 Å². The summed E-state index contributed by atoms with van der Waals surface area (Å²) in [5.41, 5.74) is 6.76. The lowest BCUT2D eigenvalue weighted by molar-refractivity contribution is -0.111. The van der Waals surface area contributed by atoms with Crippen LogP contribution >= 0.6 is 0 Å². The zero-order valence-electron chi connectivity index (χ0n) is 16.2. The van der Waals surface area contributed by atoms with Crippen molar-refractivity contribution >= 4 is 28.7 Å². The number of aromatic nitrogens is 2. The van der Waals surface area contributed by atoms with E-state index >= 15 is 0 Å². The molecule has 1 amide bonds. The van der Waals surface area contributed by atoms with Crippen LogP contribution in [0.15, 0.2) is 66.7 Å². The van der Waals surface area contributed by atoms with Gasteiger partial charge in [-0.2, -0.15) is 0 Å². The summed E-state index contributed by atoms with van der Waals surface area (Å²) in [5, 5.41) is 2.81. The number of amides is 1. The number of hydrogen-bond donors (Lipinski definition) is 2. The Morgan fingerprint density at radius 3 is 2.41 bits per heavy atom. The summed E-state index contributed by atoms with van der Waals surface area (Å²) in [5.74, 6) is 0.234. The third kappa shape index (κ3) is 4.24. The highest BCUT2D eigenvalue weighted by Gasteiger charge is 2.07. The van der Waals surface area contributed by atoms with Gasteiger partial charge in [0.05, 0.1) is 11.0 Å². The highest BCUT2D eigenvalue weighted by atomic mass is 19.1. The molecule has 0 fully saturated rings. The number of hydrogen-bond acceptors (Lipinski definition) is 2. The zero-order valence-corrected chi connectivity index (χ0v) is 16.2. The Morgan fingerprint density at radius 2 is 1.69 bits per heavy atom. The van der Waals surface area contributed by atoms with E-state index in [9.17, 15) is 9.18 Å². The maximum Gasteiger partial charge on any atom is 0.248 e. The molecule has 5 heteroatoms. The molecule has 4 aromatic rings. The summed E-state index contributed by atoms with van der Waals surface area (Å²) in [7, 11) is 0. The largest absolute Gasteiger partial charge is 0.338 e. The molecule has 0 aliphatic rings. The van der Waals surface area contributed by atoms with Crippen molar-refractivity contribution in [2.75, 3.05) is 5.32 Å². The minimum atomic E-state index is -0.304. The molecule has 0 atom stereocenters. The van der Waals surface area contributed by atoms with Crippen molar-refractivity contribution in [3.05, 3.63) is 89.2 Å². The van der Waals surface area contributed by atoms with Gasteiger partial charge in [-0.3, -0.25) is 4.79 Å². The molecule has 3 aromatic carbocycles. The minimum absolute atomic E-state index is 0.253. The van der Waals surface area contributed by atoms with Crippen LogP contribution in [0, 0.1) is 19.7 Å². The van der Waals surface area contributed by atoms with Gasteiger partial charge < -0.3 is 10.3 Å². The van der Waals surface area contributed by atoms with Gasteiger partial charge in [-0.15, -0.1) is 0 Å². The lowest BCUT2D eigenvalue weighted by Gasteiger charge is -2.03.